The monoisotopic (exact) mass is 293 g/mol. The highest BCUT2D eigenvalue weighted by Crippen LogP contribution is 2.16. The zero-order valence-electron chi connectivity index (χ0n) is 11.1. The molecular weight excluding hydrogens is 275 g/mol. The molecule has 0 saturated carbocycles. The first-order chi connectivity index (χ1) is 8.49. The minimum absolute atomic E-state index is 0.192. The predicted molar refractivity (Wildman–Crippen MR) is 74.0 cm³/mol. The van der Waals surface area contributed by atoms with Gasteiger partial charge >= 0.3 is 6.36 Å². The molecule has 0 aliphatic rings. The standard InChI is InChI=1S/C9H8F3NO.C4H10S/c10-9(11,12)14-6-8(13)7-4-2-1-3-5-7;1-4(2,3)5/h1-5,13H,6H2;5H,1-3H3. The van der Waals surface area contributed by atoms with Crippen molar-refractivity contribution in [3.8, 4) is 0 Å². The molecule has 0 fully saturated rings. The molecule has 0 saturated heterocycles. The van der Waals surface area contributed by atoms with Crippen molar-refractivity contribution in [2.45, 2.75) is 31.9 Å². The minimum Gasteiger partial charge on any atom is -0.302 e. The van der Waals surface area contributed by atoms with Gasteiger partial charge in [0.1, 0.15) is 0 Å². The number of benzene rings is 1. The fourth-order valence-corrected chi connectivity index (χ4v) is 0.877. The molecule has 0 amide bonds. The molecule has 19 heavy (non-hydrogen) atoms. The van der Waals surface area contributed by atoms with Crippen LogP contribution in [0.1, 0.15) is 26.3 Å². The molecule has 1 aromatic carbocycles. The maximum atomic E-state index is 11.6. The summed E-state index contributed by atoms with van der Waals surface area (Å²) in [6.07, 6.45) is -4.68. The van der Waals surface area contributed by atoms with Gasteiger partial charge in [-0.15, -0.1) is 13.2 Å². The third kappa shape index (κ3) is 13.2. The number of alkyl halides is 3. The normalized spacial score (nSPS) is 11.5. The van der Waals surface area contributed by atoms with Gasteiger partial charge in [0.25, 0.3) is 0 Å². The Kier molecular flexibility index (Phi) is 7.15. The van der Waals surface area contributed by atoms with Crippen LogP contribution in [-0.4, -0.2) is 23.4 Å². The maximum absolute atomic E-state index is 11.6. The SMILES string of the molecule is CC(C)(C)S.N=C(COC(F)(F)F)c1ccccc1. The molecule has 0 heterocycles. The summed E-state index contributed by atoms with van der Waals surface area (Å²) >= 11 is 4.12. The summed E-state index contributed by atoms with van der Waals surface area (Å²) < 4.78 is 38.6. The van der Waals surface area contributed by atoms with Gasteiger partial charge < -0.3 is 5.41 Å². The van der Waals surface area contributed by atoms with E-state index >= 15 is 0 Å². The summed E-state index contributed by atoms with van der Waals surface area (Å²) in [5.41, 5.74) is 0.236. The van der Waals surface area contributed by atoms with E-state index in [2.05, 4.69) is 38.1 Å². The Bertz CT molecular complexity index is 379. The van der Waals surface area contributed by atoms with E-state index in [1.54, 1.807) is 30.3 Å². The summed E-state index contributed by atoms with van der Waals surface area (Å²) in [5, 5.41) is 7.28. The smallest absolute Gasteiger partial charge is 0.302 e. The van der Waals surface area contributed by atoms with E-state index in [1.165, 1.54) is 0 Å². The summed E-state index contributed by atoms with van der Waals surface area (Å²) in [7, 11) is 0. The number of nitrogens with one attached hydrogen (secondary N) is 1. The van der Waals surface area contributed by atoms with Crippen LogP contribution in [0.15, 0.2) is 30.3 Å². The molecule has 1 rings (SSSR count). The zero-order valence-corrected chi connectivity index (χ0v) is 12.0. The van der Waals surface area contributed by atoms with Gasteiger partial charge in [0.2, 0.25) is 0 Å². The summed E-state index contributed by atoms with van der Waals surface area (Å²) in [4.78, 5) is 0. The fraction of sp³-hybridized carbons (Fsp3) is 0.462. The van der Waals surface area contributed by atoms with Crippen LogP contribution in [0, 0.1) is 5.41 Å². The van der Waals surface area contributed by atoms with E-state index in [4.69, 9.17) is 5.41 Å². The first-order valence-corrected chi connectivity index (χ1v) is 5.99. The second-order valence-corrected chi connectivity index (χ2v) is 6.09. The van der Waals surface area contributed by atoms with Gasteiger partial charge in [-0.1, -0.05) is 51.1 Å². The Labute approximate surface area is 116 Å². The first-order valence-electron chi connectivity index (χ1n) is 5.55. The number of rotatable bonds is 3. The van der Waals surface area contributed by atoms with Gasteiger partial charge in [-0.05, 0) is 5.56 Å². The molecule has 0 atom stereocenters. The van der Waals surface area contributed by atoms with Gasteiger partial charge in [-0.3, -0.25) is 4.74 Å². The molecule has 1 aromatic rings. The van der Waals surface area contributed by atoms with Gasteiger partial charge in [0, 0.05) is 4.75 Å². The zero-order chi connectivity index (χ0) is 15.1. The summed E-state index contributed by atoms with van der Waals surface area (Å²) in [6, 6.07) is 8.14. The number of hydrogen-bond donors (Lipinski definition) is 2. The van der Waals surface area contributed by atoms with Gasteiger partial charge in [0.15, 0.2) is 0 Å². The van der Waals surface area contributed by atoms with Crippen LogP contribution in [-0.2, 0) is 4.74 Å². The van der Waals surface area contributed by atoms with Crippen LogP contribution in [0.25, 0.3) is 0 Å². The minimum atomic E-state index is -4.68. The number of halogens is 3. The van der Waals surface area contributed by atoms with Crippen LogP contribution in [0.4, 0.5) is 13.2 Å². The van der Waals surface area contributed by atoms with Crippen LogP contribution in [0.3, 0.4) is 0 Å². The first kappa shape index (κ1) is 18.0. The molecule has 0 spiro atoms. The summed E-state index contributed by atoms with van der Waals surface area (Å²) in [6.45, 7) is 5.40. The molecule has 108 valence electrons. The van der Waals surface area contributed by atoms with Crippen molar-refractivity contribution < 1.29 is 17.9 Å². The van der Waals surface area contributed by atoms with Crippen molar-refractivity contribution in [3.05, 3.63) is 35.9 Å². The van der Waals surface area contributed by atoms with E-state index in [-0.39, 0.29) is 10.5 Å². The molecular formula is C13H18F3NOS. The van der Waals surface area contributed by atoms with Gasteiger partial charge in [0.05, 0.1) is 12.3 Å². The van der Waals surface area contributed by atoms with Crippen molar-refractivity contribution in [2.75, 3.05) is 6.61 Å². The second kappa shape index (κ2) is 7.55. The molecule has 2 nitrogen and oxygen atoms in total. The quantitative estimate of drug-likeness (QED) is 0.632. The highest BCUT2D eigenvalue weighted by molar-refractivity contribution is 7.81. The van der Waals surface area contributed by atoms with E-state index in [0.29, 0.717) is 5.56 Å². The van der Waals surface area contributed by atoms with E-state index in [9.17, 15) is 13.2 Å². The van der Waals surface area contributed by atoms with Crippen molar-refractivity contribution >= 4 is 18.3 Å². The van der Waals surface area contributed by atoms with Gasteiger partial charge in [-0.2, -0.15) is 12.6 Å². The molecule has 0 unspecified atom stereocenters. The van der Waals surface area contributed by atoms with Crippen LogP contribution in [0.5, 0.6) is 0 Å². The third-order valence-electron chi connectivity index (χ3n) is 1.50. The average Bonchev–Trinajstić information content (AvgIpc) is 2.24. The Hall–Kier alpha value is -1.01. The predicted octanol–water partition coefficient (Wildman–Crippen LogP) is 4.31. The highest BCUT2D eigenvalue weighted by atomic mass is 32.1. The molecule has 0 aliphatic carbocycles. The molecule has 0 aromatic heterocycles. The molecule has 0 aliphatic heterocycles. The van der Waals surface area contributed by atoms with Crippen molar-refractivity contribution in [1.29, 1.82) is 5.41 Å². The maximum Gasteiger partial charge on any atom is 0.522 e. The van der Waals surface area contributed by atoms with Crippen molar-refractivity contribution in [1.82, 2.24) is 0 Å². The summed E-state index contributed by atoms with van der Waals surface area (Å²) in [5.74, 6) is 0. The number of ether oxygens (including phenoxy) is 1. The van der Waals surface area contributed by atoms with E-state index in [1.807, 2.05) is 0 Å². The number of hydrogen-bond acceptors (Lipinski definition) is 3. The molecule has 1 N–H and O–H groups in total. The van der Waals surface area contributed by atoms with Crippen molar-refractivity contribution in [3.63, 3.8) is 0 Å². The fourth-order valence-electron chi connectivity index (χ4n) is 0.877. The second-order valence-electron chi connectivity index (χ2n) is 4.75. The highest BCUT2D eigenvalue weighted by Gasteiger charge is 2.29. The van der Waals surface area contributed by atoms with Crippen LogP contribution >= 0.6 is 12.6 Å². The number of thiol groups is 1. The molecule has 6 heteroatoms. The lowest BCUT2D eigenvalue weighted by molar-refractivity contribution is -0.317. The van der Waals surface area contributed by atoms with Crippen LogP contribution in [0.2, 0.25) is 0 Å². The molecule has 0 radical (unpaired) electrons. The van der Waals surface area contributed by atoms with E-state index < -0.39 is 13.0 Å². The topological polar surface area (TPSA) is 33.1 Å². The van der Waals surface area contributed by atoms with E-state index in [0.717, 1.165) is 0 Å². The van der Waals surface area contributed by atoms with Crippen molar-refractivity contribution in [2.24, 2.45) is 0 Å². The lowest BCUT2D eigenvalue weighted by atomic mass is 10.1. The Balaban J connectivity index is 0.000000555. The Morgan fingerprint density at radius 3 is 1.95 bits per heavy atom. The molecule has 0 bridgehead atoms. The lowest BCUT2D eigenvalue weighted by Gasteiger charge is -2.07. The lowest BCUT2D eigenvalue weighted by Crippen LogP contribution is -2.19. The van der Waals surface area contributed by atoms with Gasteiger partial charge in [-0.25, -0.2) is 0 Å². The average molecular weight is 293 g/mol. The Morgan fingerprint density at radius 1 is 1.16 bits per heavy atom. The Morgan fingerprint density at radius 2 is 1.58 bits per heavy atom. The third-order valence-corrected chi connectivity index (χ3v) is 1.50. The largest absolute Gasteiger partial charge is 0.522 e. The van der Waals surface area contributed by atoms with Crippen LogP contribution < -0.4 is 0 Å².